The molecule has 3 rings (SSSR count). The van der Waals surface area contributed by atoms with Crippen molar-refractivity contribution < 1.29 is 22.3 Å². The molecule has 1 amide bonds. The second-order valence-corrected chi connectivity index (χ2v) is 8.91. The molecule has 2 aliphatic heterocycles. The van der Waals surface area contributed by atoms with Crippen LogP contribution in [0.5, 0.6) is 0 Å². The first-order valence-corrected chi connectivity index (χ1v) is 10.6. The van der Waals surface area contributed by atoms with Gasteiger partial charge in [0.25, 0.3) is 10.2 Å². The Balaban J connectivity index is 1.54. The molecule has 0 radical (unpaired) electrons. The number of amides is 1. The minimum Gasteiger partial charge on any atom is -0.379 e. The average molecular weight is 399 g/mol. The third-order valence-electron chi connectivity index (χ3n) is 5.03. The van der Waals surface area contributed by atoms with E-state index in [4.69, 9.17) is 4.74 Å². The number of piperazine rings is 1. The van der Waals surface area contributed by atoms with E-state index < -0.39 is 10.2 Å². The van der Waals surface area contributed by atoms with E-state index in [2.05, 4.69) is 0 Å². The molecule has 2 aliphatic rings. The number of benzene rings is 1. The zero-order chi connectivity index (χ0) is 19.4. The third-order valence-corrected chi connectivity index (χ3v) is 7.06. The number of carbonyl (C=O) groups excluding carboxylic acids is 1. The van der Waals surface area contributed by atoms with E-state index in [1.807, 2.05) is 6.92 Å². The molecule has 0 N–H and O–H groups in total. The van der Waals surface area contributed by atoms with Crippen LogP contribution in [0.25, 0.3) is 0 Å². The molecule has 1 unspecified atom stereocenters. The number of nitrogens with zero attached hydrogens (tertiary/aromatic N) is 3. The molecule has 2 fully saturated rings. The van der Waals surface area contributed by atoms with Gasteiger partial charge in [-0.05, 0) is 24.1 Å². The summed E-state index contributed by atoms with van der Waals surface area (Å²) >= 11 is 0. The van der Waals surface area contributed by atoms with Crippen LogP contribution in [0.15, 0.2) is 24.3 Å². The van der Waals surface area contributed by atoms with Gasteiger partial charge in [-0.2, -0.15) is 17.0 Å². The first kappa shape index (κ1) is 20.2. The predicted molar refractivity (Wildman–Crippen MR) is 98.7 cm³/mol. The number of hydrogen-bond acceptors (Lipinski definition) is 4. The Kier molecular flexibility index (Phi) is 6.46. The van der Waals surface area contributed by atoms with Crippen LogP contribution in [0, 0.1) is 11.7 Å². The van der Waals surface area contributed by atoms with Gasteiger partial charge in [0, 0.05) is 45.2 Å². The summed E-state index contributed by atoms with van der Waals surface area (Å²) in [6.45, 7) is 4.70. The topological polar surface area (TPSA) is 70.2 Å². The number of rotatable bonds is 5. The van der Waals surface area contributed by atoms with Crippen LogP contribution < -0.4 is 0 Å². The summed E-state index contributed by atoms with van der Waals surface area (Å²) in [6.07, 6.45) is 0.461. The lowest BCUT2D eigenvalue weighted by Gasteiger charge is -2.38. The maximum atomic E-state index is 13.3. The molecule has 0 spiro atoms. The van der Waals surface area contributed by atoms with E-state index in [1.165, 1.54) is 20.7 Å². The SMILES string of the molecule is CC(Cc1cccc(F)c1)C(=O)N1CCN(S(=O)(=O)N2CCOCC2)CC1. The number of carbonyl (C=O) groups is 1. The third kappa shape index (κ3) is 4.84. The van der Waals surface area contributed by atoms with Gasteiger partial charge in [-0.1, -0.05) is 19.1 Å². The summed E-state index contributed by atoms with van der Waals surface area (Å²) in [5, 5.41) is 0. The zero-order valence-electron chi connectivity index (χ0n) is 15.5. The number of ether oxygens (including phenoxy) is 1. The van der Waals surface area contributed by atoms with Crippen molar-refractivity contribution in [3.63, 3.8) is 0 Å². The minimum atomic E-state index is -3.50. The van der Waals surface area contributed by atoms with Gasteiger partial charge in [0.15, 0.2) is 0 Å². The Hall–Kier alpha value is -1.55. The Labute approximate surface area is 159 Å². The standard InChI is InChI=1S/C18H26FN3O4S/c1-15(13-16-3-2-4-17(19)14-16)18(23)20-5-7-21(8-6-20)27(24,25)22-9-11-26-12-10-22/h2-4,14-15H,5-13H2,1H3. The van der Waals surface area contributed by atoms with E-state index in [-0.39, 0.29) is 30.7 Å². The molecule has 1 aromatic carbocycles. The van der Waals surface area contributed by atoms with Crippen LogP contribution in [0.1, 0.15) is 12.5 Å². The number of morpholine rings is 1. The fourth-order valence-electron chi connectivity index (χ4n) is 3.50. The van der Waals surface area contributed by atoms with E-state index in [0.717, 1.165) is 5.56 Å². The van der Waals surface area contributed by atoms with Gasteiger partial charge in [-0.15, -0.1) is 0 Å². The van der Waals surface area contributed by atoms with Gasteiger partial charge in [0.2, 0.25) is 5.91 Å². The molecule has 1 aromatic rings. The summed E-state index contributed by atoms with van der Waals surface area (Å²) in [5.41, 5.74) is 0.782. The van der Waals surface area contributed by atoms with E-state index in [0.29, 0.717) is 45.8 Å². The van der Waals surface area contributed by atoms with Crippen molar-refractivity contribution in [1.82, 2.24) is 13.5 Å². The van der Waals surface area contributed by atoms with Crippen LogP contribution in [-0.2, 0) is 26.2 Å². The summed E-state index contributed by atoms with van der Waals surface area (Å²) in [5.74, 6) is -0.619. The molecular formula is C18H26FN3O4S. The van der Waals surface area contributed by atoms with Crippen molar-refractivity contribution >= 4 is 16.1 Å². The van der Waals surface area contributed by atoms with Gasteiger partial charge in [0.05, 0.1) is 13.2 Å². The van der Waals surface area contributed by atoms with Gasteiger partial charge in [-0.3, -0.25) is 4.79 Å². The molecule has 150 valence electrons. The largest absolute Gasteiger partial charge is 0.379 e. The van der Waals surface area contributed by atoms with Gasteiger partial charge in [-0.25, -0.2) is 4.39 Å². The van der Waals surface area contributed by atoms with Crippen molar-refractivity contribution in [2.45, 2.75) is 13.3 Å². The lowest BCUT2D eigenvalue weighted by Crippen LogP contribution is -2.56. The molecule has 0 aromatic heterocycles. The number of hydrogen-bond donors (Lipinski definition) is 0. The maximum Gasteiger partial charge on any atom is 0.282 e. The fraction of sp³-hybridized carbons (Fsp3) is 0.611. The van der Waals surface area contributed by atoms with Gasteiger partial charge in [0.1, 0.15) is 5.82 Å². The van der Waals surface area contributed by atoms with E-state index in [1.54, 1.807) is 17.0 Å². The van der Waals surface area contributed by atoms with Crippen LogP contribution in [0.2, 0.25) is 0 Å². The Morgan fingerprint density at radius 3 is 2.37 bits per heavy atom. The van der Waals surface area contributed by atoms with Crippen LogP contribution >= 0.6 is 0 Å². The quantitative estimate of drug-likeness (QED) is 0.732. The highest BCUT2D eigenvalue weighted by molar-refractivity contribution is 7.86. The zero-order valence-corrected chi connectivity index (χ0v) is 16.3. The Morgan fingerprint density at radius 2 is 1.74 bits per heavy atom. The van der Waals surface area contributed by atoms with Crippen molar-refractivity contribution in [1.29, 1.82) is 0 Å². The molecule has 2 saturated heterocycles. The van der Waals surface area contributed by atoms with Crippen molar-refractivity contribution in [2.75, 3.05) is 52.5 Å². The molecule has 0 bridgehead atoms. The molecule has 0 aliphatic carbocycles. The van der Waals surface area contributed by atoms with Crippen molar-refractivity contribution in [3.8, 4) is 0 Å². The fourth-order valence-corrected chi connectivity index (χ4v) is 5.06. The normalized spacial score (nSPS) is 21.2. The highest BCUT2D eigenvalue weighted by atomic mass is 32.2. The van der Waals surface area contributed by atoms with E-state index >= 15 is 0 Å². The molecular weight excluding hydrogens is 373 g/mol. The molecule has 7 nitrogen and oxygen atoms in total. The second-order valence-electron chi connectivity index (χ2n) is 6.98. The predicted octanol–water partition coefficient (Wildman–Crippen LogP) is 0.726. The first-order chi connectivity index (χ1) is 12.9. The van der Waals surface area contributed by atoms with Gasteiger partial charge < -0.3 is 9.64 Å². The summed E-state index contributed by atoms with van der Waals surface area (Å²) in [6, 6.07) is 6.26. The van der Waals surface area contributed by atoms with Gasteiger partial charge >= 0.3 is 0 Å². The number of halogens is 1. The molecule has 27 heavy (non-hydrogen) atoms. The lowest BCUT2D eigenvalue weighted by atomic mass is 9.99. The summed E-state index contributed by atoms with van der Waals surface area (Å²) < 4.78 is 46.8. The van der Waals surface area contributed by atoms with Crippen LogP contribution in [0.3, 0.4) is 0 Å². The second kappa shape index (κ2) is 8.64. The maximum absolute atomic E-state index is 13.3. The first-order valence-electron chi connectivity index (χ1n) is 9.24. The Bertz CT molecular complexity index is 760. The molecule has 0 saturated carbocycles. The highest BCUT2D eigenvalue weighted by Gasteiger charge is 2.34. The van der Waals surface area contributed by atoms with Crippen LogP contribution in [0.4, 0.5) is 4.39 Å². The minimum absolute atomic E-state index is 0.0253. The molecule has 1 atom stereocenters. The Morgan fingerprint density at radius 1 is 1.11 bits per heavy atom. The van der Waals surface area contributed by atoms with Crippen LogP contribution in [-0.4, -0.2) is 80.3 Å². The monoisotopic (exact) mass is 399 g/mol. The average Bonchev–Trinajstić information content (AvgIpc) is 2.68. The molecule has 2 heterocycles. The highest BCUT2D eigenvalue weighted by Crippen LogP contribution is 2.17. The summed E-state index contributed by atoms with van der Waals surface area (Å²) in [7, 11) is -3.50. The molecule has 9 heteroatoms. The lowest BCUT2D eigenvalue weighted by molar-refractivity contribution is -0.136. The summed E-state index contributed by atoms with van der Waals surface area (Å²) in [4.78, 5) is 14.4. The smallest absolute Gasteiger partial charge is 0.282 e. The van der Waals surface area contributed by atoms with E-state index in [9.17, 15) is 17.6 Å². The van der Waals surface area contributed by atoms with Crippen molar-refractivity contribution in [2.24, 2.45) is 5.92 Å². The van der Waals surface area contributed by atoms with Crippen molar-refractivity contribution in [3.05, 3.63) is 35.6 Å².